The van der Waals surface area contributed by atoms with Gasteiger partial charge in [-0.1, -0.05) is 0 Å². The Balaban J connectivity index is 2.21. The number of halogens is 1. The van der Waals surface area contributed by atoms with Crippen LogP contribution in [-0.4, -0.2) is 17.6 Å². The molecule has 1 aromatic rings. The summed E-state index contributed by atoms with van der Waals surface area (Å²) in [6, 6.07) is 3.74. The molecule has 0 radical (unpaired) electrons. The zero-order valence-corrected chi connectivity index (χ0v) is 8.34. The number of hydrogen-bond donors (Lipinski definition) is 2. The SMILES string of the molecule is O=C1NC[C@@H](c2ccnc(Br)c2)N1. The molecule has 0 unspecified atom stereocenters. The van der Waals surface area contributed by atoms with Crippen LogP contribution in [0.2, 0.25) is 0 Å². The summed E-state index contributed by atoms with van der Waals surface area (Å²) in [5, 5.41) is 5.50. The molecule has 2 amide bonds. The number of carbonyl (C=O) groups excluding carboxylic acids is 1. The Morgan fingerprint density at radius 1 is 1.62 bits per heavy atom. The van der Waals surface area contributed by atoms with Gasteiger partial charge >= 0.3 is 6.03 Å². The predicted octanol–water partition coefficient (Wildman–Crippen LogP) is 1.20. The number of nitrogens with one attached hydrogen (secondary N) is 2. The Kier molecular flexibility index (Phi) is 2.18. The van der Waals surface area contributed by atoms with E-state index >= 15 is 0 Å². The average molecular weight is 242 g/mol. The third-order valence-corrected chi connectivity index (χ3v) is 2.36. The molecule has 68 valence electrons. The summed E-state index contributed by atoms with van der Waals surface area (Å²) in [7, 11) is 0. The molecule has 5 heteroatoms. The fourth-order valence-electron chi connectivity index (χ4n) is 1.29. The summed E-state index contributed by atoms with van der Waals surface area (Å²) in [6.45, 7) is 0.634. The van der Waals surface area contributed by atoms with Gasteiger partial charge in [0.25, 0.3) is 0 Å². The second-order valence-corrected chi connectivity index (χ2v) is 3.63. The number of hydrogen-bond acceptors (Lipinski definition) is 2. The summed E-state index contributed by atoms with van der Waals surface area (Å²) in [5.74, 6) is 0. The van der Waals surface area contributed by atoms with Gasteiger partial charge in [-0.2, -0.15) is 0 Å². The number of carbonyl (C=O) groups is 1. The van der Waals surface area contributed by atoms with Gasteiger partial charge in [-0.25, -0.2) is 9.78 Å². The predicted molar refractivity (Wildman–Crippen MR) is 51.2 cm³/mol. The van der Waals surface area contributed by atoms with E-state index in [0.717, 1.165) is 10.2 Å². The van der Waals surface area contributed by atoms with Crippen molar-refractivity contribution in [1.82, 2.24) is 15.6 Å². The lowest BCUT2D eigenvalue weighted by atomic mass is 10.1. The molecule has 0 spiro atoms. The molecule has 0 bridgehead atoms. The van der Waals surface area contributed by atoms with Crippen LogP contribution in [0.4, 0.5) is 4.79 Å². The maximum atomic E-state index is 10.9. The number of rotatable bonds is 1. The van der Waals surface area contributed by atoms with E-state index in [9.17, 15) is 4.79 Å². The highest BCUT2D eigenvalue weighted by Gasteiger charge is 2.21. The number of aromatic nitrogens is 1. The third-order valence-electron chi connectivity index (χ3n) is 1.93. The lowest BCUT2D eigenvalue weighted by Gasteiger charge is -2.07. The largest absolute Gasteiger partial charge is 0.336 e. The maximum absolute atomic E-state index is 10.9. The fraction of sp³-hybridized carbons (Fsp3) is 0.250. The minimum Gasteiger partial charge on any atom is -0.336 e. The van der Waals surface area contributed by atoms with Crippen LogP contribution in [0.3, 0.4) is 0 Å². The molecule has 1 atom stereocenters. The normalized spacial score (nSPS) is 21.0. The van der Waals surface area contributed by atoms with Crippen molar-refractivity contribution in [1.29, 1.82) is 0 Å². The number of pyridine rings is 1. The minimum atomic E-state index is -0.113. The summed E-state index contributed by atoms with van der Waals surface area (Å²) in [5.41, 5.74) is 1.06. The van der Waals surface area contributed by atoms with Crippen molar-refractivity contribution in [2.45, 2.75) is 6.04 Å². The summed E-state index contributed by atoms with van der Waals surface area (Å²) < 4.78 is 0.783. The van der Waals surface area contributed by atoms with Crippen molar-refractivity contribution in [2.75, 3.05) is 6.54 Å². The standard InChI is InChI=1S/C8H8BrN3O/c9-7-3-5(1-2-10-7)6-4-11-8(13)12-6/h1-3,6H,4H2,(H2,11,12,13)/t6-/m0/s1. The first-order valence-electron chi connectivity index (χ1n) is 3.91. The molecule has 1 aromatic heterocycles. The van der Waals surface area contributed by atoms with Crippen LogP contribution >= 0.6 is 15.9 Å². The molecule has 1 fully saturated rings. The highest BCUT2D eigenvalue weighted by Crippen LogP contribution is 2.17. The van der Waals surface area contributed by atoms with Crippen molar-refractivity contribution >= 4 is 22.0 Å². The van der Waals surface area contributed by atoms with Crippen LogP contribution in [0.25, 0.3) is 0 Å². The van der Waals surface area contributed by atoms with Gasteiger partial charge in [0.15, 0.2) is 0 Å². The molecule has 13 heavy (non-hydrogen) atoms. The quantitative estimate of drug-likeness (QED) is 0.727. The number of urea groups is 1. The van der Waals surface area contributed by atoms with E-state index in [4.69, 9.17) is 0 Å². The maximum Gasteiger partial charge on any atom is 0.315 e. The topological polar surface area (TPSA) is 54.0 Å². The van der Waals surface area contributed by atoms with Crippen LogP contribution in [0.5, 0.6) is 0 Å². The zero-order valence-electron chi connectivity index (χ0n) is 6.75. The van der Waals surface area contributed by atoms with Crippen LogP contribution < -0.4 is 10.6 Å². The van der Waals surface area contributed by atoms with Gasteiger partial charge in [-0.3, -0.25) is 0 Å². The van der Waals surface area contributed by atoms with E-state index in [2.05, 4.69) is 31.5 Å². The minimum absolute atomic E-state index is 0.0619. The van der Waals surface area contributed by atoms with Crippen molar-refractivity contribution in [2.24, 2.45) is 0 Å². The smallest absolute Gasteiger partial charge is 0.315 e. The van der Waals surface area contributed by atoms with Gasteiger partial charge < -0.3 is 10.6 Å². The number of nitrogens with zero attached hydrogens (tertiary/aromatic N) is 1. The van der Waals surface area contributed by atoms with Crippen molar-refractivity contribution in [3.8, 4) is 0 Å². The van der Waals surface area contributed by atoms with E-state index < -0.39 is 0 Å². The van der Waals surface area contributed by atoms with Crippen molar-refractivity contribution < 1.29 is 4.79 Å². The first-order valence-corrected chi connectivity index (χ1v) is 4.71. The van der Waals surface area contributed by atoms with Crippen LogP contribution in [0, 0.1) is 0 Å². The van der Waals surface area contributed by atoms with E-state index in [-0.39, 0.29) is 12.1 Å². The van der Waals surface area contributed by atoms with Gasteiger partial charge in [0, 0.05) is 12.7 Å². The molecule has 2 N–H and O–H groups in total. The van der Waals surface area contributed by atoms with Gasteiger partial charge in [-0.15, -0.1) is 0 Å². The van der Waals surface area contributed by atoms with E-state index in [1.54, 1.807) is 6.20 Å². The highest BCUT2D eigenvalue weighted by molar-refractivity contribution is 9.10. The van der Waals surface area contributed by atoms with Gasteiger partial charge in [0.1, 0.15) is 4.60 Å². The molecule has 1 aliphatic rings. The number of amides is 2. The molecule has 1 aliphatic heterocycles. The lowest BCUT2D eigenvalue weighted by molar-refractivity contribution is 0.247. The first-order chi connectivity index (χ1) is 6.25. The highest BCUT2D eigenvalue weighted by atomic mass is 79.9. The van der Waals surface area contributed by atoms with Crippen LogP contribution in [0.15, 0.2) is 22.9 Å². The molecule has 0 aromatic carbocycles. The Labute approximate surface area is 83.9 Å². The third kappa shape index (κ3) is 1.80. The zero-order chi connectivity index (χ0) is 9.26. The Morgan fingerprint density at radius 3 is 3.08 bits per heavy atom. The summed E-state index contributed by atoms with van der Waals surface area (Å²) in [6.07, 6.45) is 1.71. The van der Waals surface area contributed by atoms with Crippen LogP contribution in [0.1, 0.15) is 11.6 Å². The van der Waals surface area contributed by atoms with E-state index in [0.29, 0.717) is 6.54 Å². The fourth-order valence-corrected chi connectivity index (χ4v) is 1.67. The molecule has 2 rings (SSSR count). The van der Waals surface area contributed by atoms with Crippen molar-refractivity contribution in [3.63, 3.8) is 0 Å². The second kappa shape index (κ2) is 3.33. The van der Waals surface area contributed by atoms with Crippen molar-refractivity contribution in [3.05, 3.63) is 28.5 Å². The van der Waals surface area contributed by atoms with Gasteiger partial charge in [0.2, 0.25) is 0 Å². The van der Waals surface area contributed by atoms with E-state index in [1.807, 2.05) is 12.1 Å². The average Bonchev–Trinajstić information content (AvgIpc) is 2.52. The monoisotopic (exact) mass is 241 g/mol. The molecular weight excluding hydrogens is 234 g/mol. The summed E-state index contributed by atoms with van der Waals surface area (Å²) in [4.78, 5) is 14.9. The Hall–Kier alpha value is -1.10. The molecule has 4 nitrogen and oxygen atoms in total. The lowest BCUT2D eigenvalue weighted by Crippen LogP contribution is -2.21. The first kappa shape index (κ1) is 8.50. The molecular formula is C8H8BrN3O. The van der Waals surface area contributed by atoms with Gasteiger partial charge in [-0.05, 0) is 33.6 Å². The second-order valence-electron chi connectivity index (χ2n) is 2.82. The molecule has 1 saturated heterocycles. The Bertz CT molecular complexity index is 342. The van der Waals surface area contributed by atoms with Crippen LogP contribution in [-0.2, 0) is 0 Å². The van der Waals surface area contributed by atoms with Gasteiger partial charge in [0.05, 0.1) is 6.04 Å². The Morgan fingerprint density at radius 2 is 2.46 bits per heavy atom. The summed E-state index contributed by atoms with van der Waals surface area (Å²) >= 11 is 3.28. The molecule has 0 aliphatic carbocycles. The van der Waals surface area contributed by atoms with E-state index in [1.165, 1.54) is 0 Å². The molecule has 2 heterocycles. The molecule has 0 saturated carbocycles.